The number of hydrogen-bond acceptors (Lipinski definition) is 5. The van der Waals surface area contributed by atoms with Crippen molar-refractivity contribution in [1.29, 1.82) is 0 Å². The SMILES string of the molecule is CCCC/C=C\CCCCCCCC(=O)OC(CO)COC(=O)CCCCCCCCCCCCCCCCCCCCCCCCC. The average molecular weight is 679 g/mol. The van der Waals surface area contributed by atoms with Gasteiger partial charge in [0.15, 0.2) is 6.10 Å². The zero-order chi connectivity index (χ0) is 35.0. The lowest BCUT2D eigenvalue weighted by molar-refractivity contribution is -0.161. The molecule has 0 aliphatic rings. The first-order valence-corrected chi connectivity index (χ1v) is 21.2. The van der Waals surface area contributed by atoms with Gasteiger partial charge in [-0.1, -0.05) is 199 Å². The van der Waals surface area contributed by atoms with Gasteiger partial charge in [-0.2, -0.15) is 0 Å². The van der Waals surface area contributed by atoms with Crippen LogP contribution in [0.5, 0.6) is 0 Å². The topological polar surface area (TPSA) is 72.8 Å². The Bertz CT molecular complexity index is 691. The third-order valence-corrected chi connectivity index (χ3v) is 9.56. The van der Waals surface area contributed by atoms with Crippen molar-refractivity contribution < 1.29 is 24.2 Å². The summed E-state index contributed by atoms with van der Waals surface area (Å²) in [5.74, 6) is -0.591. The molecule has 0 saturated carbocycles. The molecule has 0 aliphatic carbocycles. The summed E-state index contributed by atoms with van der Waals surface area (Å²) in [6, 6.07) is 0. The molecule has 0 saturated heterocycles. The van der Waals surface area contributed by atoms with Gasteiger partial charge in [0.25, 0.3) is 0 Å². The van der Waals surface area contributed by atoms with E-state index in [1.165, 1.54) is 167 Å². The molecular formula is C43H82O5. The Kier molecular flexibility index (Phi) is 38.9. The summed E-state index contributed by atoms with van der Waals surface area (Å²) in [4.78, 5) is 24.2. The summed E-state index contributed by atoms with van der Waals surface area (Å²) in [6.07, 6.45) is 45.8. The Morgan fingerprint density at radius 2 is 0.792 bits per heavy atom. The first-order chi connectivity index (χ1) is 23.6. The predicted octanol–water partition coefficient (Wildman–Crippen LogP) is 13.3. The van der Waals surface area contributed by atoms with Crippen LogP contribution in [-0.2, 0) is 19.1 Å². The van der Waals surface area contributed by atoms with E-state index in [0.29, 0.717) is 12.8 Å². The van der Waals surface area contributed by atoms with Crippen molar-refractivity contribution in [3.8, 4) is 0 Å². The molecule has 1 atom stereocenters. The molecule has 0 aromatic heterocycles. The number of allylic oxidation sites excluding steroid dienone is 2. The van der Waals surface area contributed by atoms with Crippen LogP contribution in [0.25, 0.3) is 0 Å². The third kappa shape index (κ3) is 37.5. The first-order valence-electron chi connectivity index (χ1n) is 21.2. The van der Waals surface area contributed by atoms with Crippen LogP contribution in [0.1, 0.15) is 232 Å². The van der Waals surface area contributed by atoms with Crippen molar-refractivity contribution in [1.82, 2.24) is 0 Å². The first kappa shape index (κ1) is 46.6. The minimum absolute atomic E-state index is 0.0633. The van der Waals surface area contributed by atoms with E-state index in [0.717, 1.165) is 38.5 Å². The van der Waals surface area contributed by atoms with E-state index < -0.39 is 6.10 Å². The fraction of sp³-hybridized carbons (Fsp3) is 0.907. The summed E-state index contributed by atoms with van der Waals surface area (Å²) in [5, 5.41) is 9.54. The van der Waals surface area contributed by atoms with Gasteiger partial charge in [-0.25, -0.2) is 0 Å². The second-order valence-electron chi connectivity index (χ2n) is 14.4. The van der Waals surface area contributed by atoms with E-state index in [2.05, 4.69) is 26.0 Å². The van der Waals surface area contributed by atoms with Crippen LogP contribution < -0.4 is 0 Å². The molecule has 0 aliphatic heterocycles. The molecule has 0 heterocycles. The Balaban J connectivity index is 3.44. The average Bonchev–Trinajstić information content (AvgIpc) is 3.09. The number of aliphatic hydroxyl groups is 1. The number of rotatable bonds is 39. The summed E-state index contributed by atoms with van der Waals surface area (Å²) in [5.41, 5.74) is 0. The molecule has 0 aromatic rings. The zero-order valence-electron chi connectivity index (χ0n) is 32.3. The predicted molar refractivity (Wildman–Crippen MR) is 205 cm³/mol. The summed E-state index contributed by atoms with van der Waals surface area (Å²) < 4.78 is 10.6. The number of carbonyl (C=O) groups excluding carboxylic acids is 2. The maximum Gasteiger partial charge on any atom is 0.306 e. The number of esters is 2. The van der Waals surface area contributed by atoms with Gasteiger partial charge >= 0.3 is 11.9 Å². The minimum Gasteiger partial charge on any atom is -0.462 e. The van der Waals surface area contributed by atoms with E-state index in [1.54, 1.807) is 0 Å². The Hall–Kier alpha value is -1.36. The number of carbonyl (C=O) groups is 2. The molecule has 5 heteroatoms. The molecule has 5 nitrogen and oxygen atoms in total. The van der Waals surface area contributed by atoms with E-state index in [9.17, 15) is 14.7 Å². The van der Waals surface area contributed by atoms with Crippen molar-refractivity contribution in [3.05, 3.63) is 12.2 Å². The van der Waals surface area contributed by atoms with Crippen LogP contribution in [0.4, 0.5) is 0 Å². The normalized spacial score (nSPS) is 12.1. The van der Waals surface area contributed by atoms with Crippen molar-refractivity contribution in [2.24, 2.45) is 0 Å². The van der Waals surface area contributed by atoms with Crippen LogP contribution in [0.2, 0.25) is 0 Å². The van der Waals surface area contributed by atoms with Gasteiger partial charge in [0.2, 0.25) is 0 Å². The summed E-state index contributed by atoms with van der Waals surface area (Å²) >= 11 is 0. The standard InChI is InChI=1S/C43H82O5/c1-3-5-7-9-11-13-15-16-17-18-19-20-21-22-23-24-25-26-28-29-31-33-35-37-42(45)47-40-41(39-44)48-43(46)38-36-34-32-30-27-14-12-10-8-6-4-2/h10,12,41,44H,3-9,11,13-40H2,1-2H3/b12-10-. The minimum atomic E-state index is -0.768. The lowest BCUT2D eigenvalue weighted by atomic mass is 10.0. The largest absolute Gasteiger partial charge is 0.462 e. The van der Waals surface area contributed by atoms with Gasteiger partial charge in [-0.3, -0.25) is 9.59 Å². The highest BCUT2D eigenvalue weighted by atomic mass is 16.6. The highest BCUT2D eigenvalue weighted by Crippen LogP contribution is 2.16. The molecule has 0 rings (SSSR count). The van der Waals surface area contributed by atoms with Crippen molar-refractivity contribution in [2.75, 3.05) is 13.2 Å². The molecule has 48 heavy (non-hydrogen) atoms. The number of aliphatic hydroxyl groups excluding tert-OH is 1. The fourth-order valence-corrected chi connectivity index (χ4v) is 6.30. The summed E-state index contributed by atoms with van der Waals surface area (Å²) in [6.45, 7) is 4.11. The van der Waals surface area contributed by atoms with Crippen molar-refractivity contribution in [3.63, 3.8) is 0 Å². The van der Waals surface area contributed by atoms with Crippen LogP contribution in [0.3, 0.4) is 0 Å². The maximum absolute atomic E-state index is 12.1. The van der Waals surface area contributed by atoms with Crippen LogP contribution in [0, 0.1) is 0 Å². The Labute approximate surface area is 299 Å². The Morgan fingerprint density at radius 1 is 0.458 bits per heavy atom. The maximum atomic E-state index is 12.1. The van der Waals surface area contributed by atoms with Crippen LogP contribution >= 0.6 is 0 Å². The number of unbranched alkanes of at least 4 members (excludes halogenated alkanes) is 29. The van der Waals surface area contributed by atoms with Gasteiger partial charge in [-0.15, -0.1) is 0 Å². The molecule has 284 valence electrons. The molecular weight excluding hydrogens is 596 g/mol. The van der Waals surface area contributed by atoms with E-state index in [-0.39, 0.29) is 25.2 Å². The fourth-order valence-electron chi connectivity index (χ4n) is 6.30. The summed E-state index contributed by atoms with van der Waals surface area (Å²) in [7, 11) is 0. The van der Waals surface area contributed by atoms with E-state index >= 15 is 0 Å². The third-order valence-electron chi connectivity index (χ3n) is 9.56. The Morgan fingerprint density at radius 3 is 1.19 bits per heavy atom. The van der Waals surface area contributed by atoms with Crippen LogP contribution in [0.15, 0.2) is 12.2 Å². The van der Waals surface area contributed by atoms with Crippen molar-refractivity contribution in [2.45, 2.75) is 238 Å². The molecule has 0 amide bonds. The van der Waals surface area contributed by atoms with Gasteiger partial charge in [0, 0.05) is 12.8 Å². The highest BCUT2D eigenvalue weighted by Gasteiger charge is 2.16. The molecule has 0 spiro atoms. The molecule has 0 aromatic carbocycles. The van der Waals surface area contributed by atoms with Crippen molar-refractivity contribution >= 4 is 11.9 Å². The number of hydrogen-bond donors (Lipinski definition) is 1. The lowest BCUT2D eigenvalue weighted by Crippen LogP contribution is -2.28. The smallest absolute Gasteiger partial charge is 0.306 e. The molecule has 0 fully saturated rings. The van der Waals surface area contributed by atoms with Crippen LogP contribution in [-0.4, -0.2) is 36.4 Å². The van der Waals surface area contributed by atoms with Gasteiger partial charge in [0.1, 0.15) is 6.61 Å². The monoisotopic (exact) mass is 679 g/mol. The molecule has 1 N–H and O–H groups in total. The number of ether oxygens (including phenoxy) is 2. The van der Waals surface area contributed by atoms with E-state index in [4.69, 9.17) is 9.47 Å². The second-order valence-corrected chi connectivity index (χ2v) is 14.4. The van der Waals surface area contributed by atoms with Gasteiger partial charge in [0.05, 0.1) is 6.61 Å². The molecule has 1 unspecified atom stereocenters. The molecule has 0 bridgehead atoms. The second kappa shape index (κ2) is 40.1. The highest BCUT2D eigenvalue weighted by molar-refractivity contribution is 5.70. The lowest BCUT2D eigenvalue weighted by Gasteiger charge is -2.15. The zero-order valence-corrected chi connectivity index (χ0v) is 32.3. The van der Waals surface area contributed by atoms with Gasteiger partial charge < -0.3 is 14.6 Å². The molecule has 0 radical (unpaired) electrons. The van der Waals surface area contributed by atoms with E-state index in [1.807, 2.05) is 0 Å². The quantitative estimate of drug-likeness (QED) is 0.0398. The van der Waals surface area contributed by atoms with Gasteiger partial charge in [-0.05, 0) is 32.1 Å².